The van der Waals surface area contributed by atoms with Crippen LogP contribution in [0.15, 0.2) is 30.3 Å². The number of rotatable bonds is 3. The highest BCUT2D eigenvalue weighted by atomic mass is 35.5. The van der Waals surface area contributed by atoms with Crippen molar-refractivity contribution < 1.29 is 4.74 Å². The topological polar surface area (TPSA) is 45.9 Å². The van der Waals surface area contributed by atoms with Gasteiger partial charge in [0.2, 0.25) is 5.88 Å². The van der Waals surface area contributed by atoms with Crippen LogP contribution in [0.2, 0.25) is 5.02 Å². The summed E-state index contributed by atoms with van der Waals surface area (Å²) in [6, 6.07) is 11.4. The molecule has 0 unspecified atom stereocenters. The number of pyridine rings is 1. The molecule has 19 heavy (non-hydrogen) atoms. The van der Waals surface area contributed by atoms with Crippen molar-refractivity contribution >= 4 is 11.6 Å². The molecule has 0 saturated heterocycles. The van der Waals surface area contributed by atoms with E-state index in [1.807, 2.05) is 38.1 Å². The second kappa shape index (κ2) is 5.73. The summed E-state index contributed by atoms with van der Waals surface area (Å²) in [4.78, 5) is 4.26. The van der Waals surface area contributed by atoms with E-state index in [2.05, 4.69) is 11.1 Å². The minimum Gasteiger partial charge on any atom is -0.472 e. The first-order valence-electron chi connectivity index (χ1n) is 5.85. The maximum Gasteiger partial charge on any atom is 0.232 e. The third kappa shape index (κ3) is 3.24. The fraction of sp³-hybridized carbons (Fsp3) is 0.200. The molecule has 0 aliphatic heterocycles. The first-order chi connectivity index (χ1) is 9.10. The molecule has 2 aromatic rings. The molecule has 0 fully saturated rings. The second-order valence-corrected chi connectivity index (χ2v) is 4.73. The molecule has 0 aliphatic carbocycles. The normalized spacial score (nSPS) is 10.0. The Morgan fingerprint density at radius 1 is 1.32 bits per heavy atom. The molecule has 1 aromatic carbocycles. The average molecular weight is 273 g/mol. The van der Waals surface area contributed by atoms with E-state index in [4.69, 9.17) is 21.6 Å². The summed E-state index contributed by atoms with van der Waals surface area (Å²) < 4.78 is 5.64. The number of ether oxygens (including phenoxy) is 1. The van der Waals surface area contributed by atoms with Crippen molar-refractivity contribution in [1.29, 1.82) is 5.26 Å². The molecule has 0 spiro atoms. The Labute approximate surface area is 117 Å². The molecule has 0 saturated carbocycles. The predicted molar refractivity (Wildman–Crippen MR) is 74.2 cm³/mol. The fourth-order valence-electron chi connectivity index (χ4n) is 1.82. The van der Waals surface area contributed by atoms with Crippen molar-refractivity contribution in [3.05, 3.63) is 57.7 Å². The molecular formula is C15H13ClN2O. The van der Waals surface area contributed by atoms with Gasteiger partial charge in [-0.2, -0.15) is 5.26 Å². The first-order valence-corrected chi connectivity index (χ1v) is 6.23. The number of benzene rings is 1. The van der Waals surface area contributed by atoms with Gasteiger partial charge in [-0.15, -0.1) is 0 Å². The molecule has 0 aliphatic rings. The zero-order valence-corrected chi connectivity index (χ0v) is 11.5. The van der Waals surface area contributed by atoms with E-state index in [1.54, 1.807) is 6.07 Å². The number of hydrogen-bond donors (Lipinski definition) is 0. The predicted octanol–water partition coefficient (Wildman–Crippen LogP) is 3.80. The van der Waals surface area contributed by atoms with Gasteiger partial charge in [-0.3, -0.25) is 0 Å². The monoisotopic (exact) mass is 272 g/mol. The number of aromatic nitrogens is 1. The van der Waals surface area contributed by atoms with E-state index in [0.717, 1.165) is 16.8 Å². The molecule has 4 heteroatoms. The molecule has 2 rings (SSSR count). The molecule has 3 nitrogen and oxygen atoms in total. The number of aryl methyl sites for hydroxylation is 2. The third-order valence-electron chi connectivity index (χ3n) is 2.69. The maximum atomic E-state index is 9.14. The van der Waals surface area contributed by atoms with Gasteiger partial charge in [0.05, 0.1) is 0 Å². The van der Waals surface area contributed by atoms with E-state index in [9.17, 15) is 0 Å². The number of nitriles is 1. The van der Waals surface area contributed by atoms with Crippen LogP contribution in [0, 0.1) is 25.2 Å². The highest BCUT2D eigenvalue weighted by molar-refractivity contribution is 6.30. The molecule has 0 N–H and O–H groups in total. The molecule has 1 aromatic heterocycles. The number of halogens is 1. The maximum absolute atomic E-state index is 9.14. The lowest BCUT2D eigenvalue weighted by atomic mass is 10.1. The Morgan fingerprint density at radius 2 is 2.11 bits per heavy atom. The molecule has 0 radical (unpaired) electrons. The smallest absolute Gasteiger partial charge is 0.232 e. The quantitative estimate of drug-likeness (QED) is 0.854. The van der Waals surface area contributed by atoms with Gasteiger partial charge in [0.25, 0.3) is 0 Å². The highest BCUT2D eigenvalue weighted by Gasteiger charge is 2.10. The summed E-state index contributed by atoms with van der Waals surface area (Å²) in [6.07, 6.45) is 0. The molecule has 96 valence electrons. The van der Waals surface area contributed by atoms with Gasteiger partial charge in [0.1, 0.15) is 18.2 Å². The summed E-state index contributed by atoms with van der Waals surface area (Å²) in [6.45, 7) is 4.09. The summed E-state index contributed by atoms with van der Waals surface area (Å²) >= 11 is 5.91. The lowest BCUT2D eigenvalue weighted by Crippen LogP contribution is -2.02. The lowest BCUT2D eigenvalue weighted by molar-refractivity contribution is 0.292. The molecule has 1 heterocycles. The zero-order valence-electron chi connectivity index (χ0n) is 10.8. The van der Waals surface area contributed by atoms with E-state index in [1.165, 1.54) is 0 Å². The van der Waals surface area contributed by atoms with Crippen LogP contribution >= 0.6 is 11.6 Å². The zero-order chi connectivity index (χ0) is 13.8. The minimum absolute atomic E-state index is 0.338. The minimum atomic E-state index is 0.338. The van der Waals surface area contributed by atoms with Crippen molar-refractivity contribution in [2.45, 2.75) is 20.5 Å². The lowest BCUT2D eigenvalue weighted by Gasteiger charge is -2.09. The Morgan fingerprint density at radius 3 is 2.79 bits per heavy atom. The van der Waals surface area contributed by atoms with Gasteiger partial charge in [-0.05, 0) is 43.2 Å². The van der Waals surface area contributed by atoms with Crippen LogP contribution in [0.3, 0.4) is 0 Å². The summed E-state index contributed by atoms with van der Waals surface area (Å²) in [5, 5.41) is 9.80. The van der Waals surface area contributed by atoms with Gasteiger partial charge < -0.3 is 4.74 Å². The van der Waals surface area contributed by atoms with Gasteiger partial charge in [-0.1, -0.05) is 23.7 Å². The molecule has 0 atom stereocenters. The van der Waals surface area contributed by atoms with Crippen molar-refractivity contribution in [3.8, 4) is 11.9 Å². The molecule has 0 amide bonds. The van der Waals surface area contributed by atoms with Crippen molar-refractivity contribution in [1.82, 2.24) is 4.98 Å². The third-order valence-corrected chi connectivity index (χ3v) is 2.92. The Bertz CT molecular complexity index is 647. The van der Waals surface area contributed by atoms with E-state index in [-0.39, 0.29) is 0 Å². The van der Waals surface area contributed by atoms with Crippen molar-refractivity contribution in [2.75, 3.05) is 0 Å². The Hall–Kier alpha value is -2.05. The first kappa shape index (κ1) is 13.4. The van der Waals surface area contributed by atoms with Crippen molar-refractivity contribution in [3.63, 3.8) is 0 Å². The van der Waals surface area contributed by atoms with Gasteiger partial charge in [0, 0.05) is 10.7 Å². The van der Waals surface area contributed by atoms with E-state index in [0.29, 0.717) is 23.1 Å². The molecular weight excluding hydrogens is 260 g/mol. The summed E-state index contributed by atoms with van der Waals surface area (Å²) in [7, 11) is 0. The SMILES string of the molecule is Cc1cc(C)c(C#N)c(OCc2cccc(Cl)c2)n1. The Kier molecular flexibility index (Phi) is 4.03. The van der Waals surface area contributed by atoms with Crippen LogP contribution in [-0.4, -0.2) is 4.98 Å². The summed E-state index contributed by atoms with van der Waals surface area (Å²) in [5.74, 6) is 0.375. The average Bonchev–Trinajstić information content (AvgIpc) is 2.36. The van der Waals surface area contributed by atoms with Gasteiger partial charge >= 0.3 is 0 Å². The highest BCUT2D eigenvalue weighted by Crippen LogP contribution is 2.21. The number of nitrogens with zero attached hydrogens (tertiary/aromatic N) is 2. The number of hydrogen-bond acceptors (Lipinski definition) is 3. The van der Waals surface area contributed by atoms with E-state index < -0.39 is 0 Å². The van der Waals surface area contributed by atoms with Crippen molar-refractivity contribution in [2.24, 2.45) is 0 Å². The fourth-order valence-corrected chi connectivity index (χ4v) is 2.03. The van der Waals surface area contributed by atoms with Crippen LogP contribution in [0.1, 0.15) is 22.4 Å². The van der Waals surface area contributed by atoms with Crippen LogP contribution in [0.25, 0.3) is 0 Å². The standard InChI is InChI=1S/C15H13ClN2O/c1-10-6-11(2)18-15(14(10)8-17)19-9-12-4-3-5-13(16)7-12/h3-7H,9H2,1-2H3. The van der Waals surface area contributed by atoms with Crippen LogP contribution < -0.4 is 4.74 Å². The Balaban J connectivity index is 2.22. The summed E-state index contributed by atoms with van der Waals surface area (Å²) in [5.41, 5.74) is 3.12. The van der Waals surface area contributed by atoms with E-state index >= 15 is 0 Å². The van der Waals surface area contributed by atoms with Gasteiger partial charge in [-0.25, -0.2) is 4.98 Å². The largest absolute Gasteiger partial charge is 0.472 e. The second-order valence-electron chi connectivity index (χ2n) is 4.29. The van der Waals surface area contributed by atoms with Crippen LogP contribution in [0.5, 0.6) is 5.88 Å². The van der Waals surface area contributed by atoms with Crippen LogP contribution in [-0.2, 0) is 6.61 Å². The van der Waals surface area contributed by atoms with Gasteiger partial charge in [0.15, 0.2) is 0 Å². The van der Waals surface area contributed by atoms with Crippen LogP contribution in [0.4, 0.5) is 0 Å². The molecule has 0 bridgehead atoms.